The van der Waals surface area contributed by atoms with E-state index in [0.29, 0.717) is 35.8 Å². The van der Waals surface area contributed by atoms with Crippen molar-refractivity contribution in [1.82, 2.24) is 0 Å². The van der Waals surface area contributed by atoms with Gasteiger partial charge in [0.2, 0.25) is 0 Å². The monoisotopic (exact) mass is 546 g/mol. The Labute approximate surface area is 238 Å². The second kappa shape index (κ2) is 17.7. The molecule has 0 fully saturated rings. The zero-order chi connectivity index (χ0) is 28.4. The lowest BCUT2D eigenvalue weighted by molar-refractivity contribution is 0.0730. The van der Waals surface area contributed by atoms with Crippen LogP contribution in [-0.2, 0) is 0 Å². The number of hydrogen-bond donors (Lipinski definition) is 0. The van der Waals surface area contributed by atoms with Crippen LogP contribution in [0.5, 0.6) is 23.0 Å². The number of ether oxygens (including phenoxy) is 4. The molecule has 0 spiro atoms. The molecule has 0 radical (unpaired) electrons. The second-order valence-electron chi connectivity index (χ2n) is 9.82. The maximum Gasteiger partial charge on any atom is 0.343 e. The maximum atomic E-state index is 12.6. The van der Waals surface area contributed by atoms with Gasteiger partial charge in [-0.15, -0.1) is 0 Å². The predicted molar refractivity (Wildman–Crippen MR) is 158 cm³/mol. The lowest BCUT2D eigenvalue weighted by atomic mass is 10.1. The summed E-state index contributed by atoms with van der Waals surface area (Å²) in [4.78, 5) is 25.1. The standard InChI is InChI=1S/C34H42O6/c1-3-5-7-9-10-12-26-38-30-21-23-32(24-22-30)40-34(36)28-15-19-31(20-16-28)39-33(35)27-13-17-29(18-14-27)37-25-11-8-6-4-2/h13-24H,3-12,25-26H2,1-2H3. The first kappa shape index (κ1) is 30.7. The zero-order valence-corrected chi connectivity index (χ0v) is 23.9. The highest BCUT2D eigenvalue weighted by Gasteiger charge is 2.12. The quantitative estimate of drug-likeness (QED) is 0.0902. The molecule has 0 amide bonds. The number of hydrogen-bond acceptors (Lipinski definition) is 6. The van der Waals surface area contributed by atoms with E-state index in [-0.39, 0.29) is 0 Å². The van der Waals surface area contributed by atoms with E-state index in [4.69, 9.17) is 18.9 Å². The van der Waals surface area contributed by atoms with Crippen molar-refractivity contribution in [1.29, 1.82) is 0 Å². The normalized spacial score (nSPS) is 10.7. The topological polar surface area (TPSA) is 71.1 Å². The molecule has 214 valence electrons. The van der Waals surface area contributed by atoms with Gasteiger partial charge in [0.15, 0.2) is 0 Å². The highest BCUT2D eigenvalue weighted by molar-refractivity contribution is 5.92. The Morgan fingerprint density at radius 1 is 0.450 bits per heavy atom. The van der Waals surface area contributed by atoms with Crippen LogP contribution in [0.1, 0.15) is 98.8 Å². The summed E-state index contributed by atoms with van der Waals surface area (Å²) in [6, 6.07) is 20.2. The van der Waals surface area contributed by atoms with Crippen LogP contribution in [0.4, 0.5) is 0 Å². The predicted octanol–water partition coefficient (Wildman–Crippen LogP) is 8.82. The molecule has 0 saturated carbocycles. The van der Waals surface area contributed by atoms with Crippen LogP contribution in [0, 0.1) is 0 Å². The summed E-state index contributed by atoms with van der Waals surface area (Å²) in [5.74, 6) is 1.27. The Balaban J connectivity index is 1.40. The maximum absolute atomic E-state index is 12.6. The minimum atomic E-state index is -0.496. The van der Waals surface area contributed by atoms with Crippen molar-refractivity contribution < 1.29 is 28.5 Å². The highest BCUT2D eigenvalue weighted by atomic mass is 16.5. The third-order valence-electron chi connectivity index (χ3n) is 6.46. The fourth-order valence-corrected chi connectivity index (χ4v) is 4.07. The highest BCUT2D eigenvalue weighted by Crippen LogP contribution is 2.21. The molecule has 0 aromatic heterocycles. The number of carbonyl (C=O) groups is 2. The minimum Gasteiger partial charge on any atom is -0.494 e. The van der Waals surface area contributed by atoms with Gasteiger partial charge >= 0.3 is 11.9 Å². The molecule has 40 heavy (non-hydrogen) atoms. The van der Waals surface area contributed by atoms with Crippen LogP contribution in [0.25, 0.3) is 0 Å². The smallest absolute Gasteiger partial charge is 0.343 e. The van der Waals surface area contributed by atoms with Crippen molar-refractivity contribution in [3.05, 3.63) is 83.9 Å². The van der Waals surface area contributed by atoms with Crippen LogP contribution in [0.3, 0.4) is 0 Å². The van der Waals surface area contributed by atoms with Gasteiger partial charge in [0.1, 0.15) is 23.0 Å². The molecular formula is C34H42O6. The zero-order valence-electron chi connectivity index (χ0n) is 23.9. The number of carbonyl (C=O) groups excluding carboxylic acids is 2. The summed E-state index contributed by atoms with van der Waals surface area (Å²) in [5.41, 5.74) is 0.768. The van der Waals surface area contributed by atoms with Crippen LogP contribution < -0.4 is 18.9 Å². The molecule has 0 atom stereocenters. The average Bonchev–Trinajstić information content (AvgIpc) is 2.98. The second-order valence-corrected chi connectivity index (χ2v) is 9.82. The lowest BCUT2D eigenvalue weighted by Crippen LogP contribution is -2.10. The van der Waals surface area contributed by atoms with Crippen molar-refractivity contribution in [3.63, 3.8) is 0 Å². The summed E-state index contributed by atoms with van der Waals surface area (Å²) in [6.07, 6.45) is 11.9. The van der Waals surface area contributed by atoms with E-state index in [2.05, 4.69) is 13.8 Å². The fourth-order valence-electron chi connectivity index (χ4n) is 4.07. The van der Waals surface area contributed by atoms with Gasteiger partial charge in [0.05, 0.1) is 24.3 Å². The molecule has 0 aliphatic heterocycles. The van der Waals surface area contributed by atoms with E-state index >= 15 is 0 Å². The van der Waals surface area contributed by atoms with E-state index in [1.165, 1.54) is 44.9 Å². The minimum absolute atomic E-state index is 0.338. The molecule has 6 heteroatoms. The molecule has 3 aromatic carbocycles. The van der Waals surface area contributed by atoms with Gasteiger partial charge in [-0.2, -0.15) is 0 Å². The lowest BCUT2D eigenvalue weighted by Gasteiger charge is -2.09. The molecule has 0 unspecified atom stereocenters. The summed E-state index contributed by atoms with van der Waals surface area (Å²) in [7, 11) is 0. The first-order valence-corrected chi connectivity index (χ1v) is 14.6. The average molecular weight is 547 g/mol. The molecule has 0 aliphatic rings. The number of rotatable bonds is 18. The SMILES string of the molecule is CCCCCCCCOc1ccc(OC(=O)c2ccc(OC(=O)c3ccc(OCCCCCC)cc3)cc2)cc1. The summed E-state index contributed by atoms with van der Waals surface area (Å²) in [5, 5.41) is 0. The number of unbranched alkanes of at least 4 members (excludes halogenated alkanes) is 8. The fraction of sp³-hybridized carbons (Fsp3) is 0.412. The number of benzene rings is 3. The van der Waals surface area contributed by atoms with Crippen LogP contribution in [-0.4, -0.2) is 25.2 Å². The van der Waals surface area contributed by atoms with Crippen molar-refractivity contribution in [2.24, 2.45) is 0 Å². The molecule has 0 saturated heterocycles. The largest absolute Gasteiger partial charge is 0.494 e. The first-order chi connectivity index (χ1) is 19.6. The summed E-state index contributed by atoms with van der Waals surface area (Å²) < 4.78 is 22.4. The molecule has 0 bridgehead atoms. The van der Waals surface area contributed by atoms with Gasteiger partial charge in [0, 0.05) is 0 Å². The first-order valence-electron chi connectivity index (χ1n) is 14.6. The van der Waals surface area contributed by atoms with Crippen LogP contribution in [0.15, 0.2) is 72.8 Å². The molecule has 0 aliphatic carbocycles. The van der Waals surface area contributed by atoms with Crippen molar-refractivity contribution >= 4 is 11.9 Å². The summed E-state index contributed by atoms with van der Waals surface area (Å²) in [6.45, 7) is 5.74. The van der Waals surface area contributed by atoms with Gasteiger partial charge in [-0.3, -0.25) is 0 Å². The van der Waals surface area contributed by atoms with Gasteiger partial charge in [-0.05, 0) is 85.6 Å². The third kappa shape index (κ3) is 11.1. The van der Waals surface area contributed by atoms with Crippen LogP contribution >= 0.6 is 0 Å². The summed E-state index contributed by atoms with van der Waals surface area (Å²) >= 11 is 0. The Kier molecular flexibility index (Phi) is 13.6. The Morgan fingerprint density at radius 3 is 1.23 bits per heavy atom. The van der Waals surface area contributed by atoms with Crippen molar-refractivity contribution in [2.45, 2.75) is 78.1 Å². The molecule has 0 N–H and O–H groups in total. The molecule has 6 nitrogen and oxygen atoms in total. The number of esters is 2. The molecule has 3 aromatic rings. The van der Waals surface area contributed by atoms with E-state index < -0.39 is 11.9 Å². The molecule has 0 heterocycles. The van der Waals surface area contributed by atoms with E-state index in [1.54, 1.807) is 72.8 Å². The Bertz CT molecular complexity index is 1140. The third-order valence-corrected chi connectivity index (χ3v) is 6.46. The van der Waals surface area contributed by atoms with Crippen molar-refractivity contribution in [3.8, 4) is 23.0 Å². The van der Waals surface area contributed by atoms with Crippen LogP contribution in [0.2, 0.25) is 0 Å². The van der Waals surface area contributed by atoms with Crippen molar-refractivity contribution in [2.75, 3.05) is 13.2 Å². The van der Waals surface area contributed by atoms with Gasteiger partial charge in [-0.25, -0.2) is 9.59 Å². The van der Waals surface area contributed by atoms with Gasteiger partial charge < -0.3 is 18.9 Å². The molecule has 3 rings (SSSR count). The van der Waals surface area contributed by atoms with E-state index in [0.717, 1.165) is 30.8 Å². The van der Waals surface area contributed by atoms with Gasteiger partial charge in [-0.1, -0.05) is 65.2 Å². The van der Waals surface area contributed by atoms with E-state index in [1.807, 2.05) is 0 Å². The Morgan fingerprint density at radius 2 is 0.775 bits per heavy atom. The van der Waals surface area contributed by atoms with E-state index in [9.17, 15) is 9.59 Å². The van der Waals surface area contributed by atoms with Gasteiger partial charge in [0.25, 0.3) is 0 Å². The molecular weight excluding hydrogens is 504 g/mol. The Hall–Kier alpha value is -3.80.